The Morgan fingerprint density at radius 1 is 1.62 bits per heavy atom. The largest absolute Gasteiger partial charge is 0.480 e. The van der Waals surface area contributed by atoms with E-state index in [0.29, 0.717) is 6.54 Å². The Bertz CT molecular complexity index is 340. The van der Waals surface area contributed by atoms with Gasteiger partial charge in [-0.2, -0.15) is 0 Å². The van der Waals surface area contributed by atoms with E-state index >= 15 is 0 Å². The maximum atomic E-state index is 11.6. The molecule has 1 aliphatic carbocycles. The summed E-state index contributed by atoms with van der Waals surface area (Å²) in [4.78, 5) is 23.8. The summed E-state index contributed by atoms with van der Waals surface area (Å²) in [7, 11) is 0. The van der Waals surface area contributed by atoms with E-state index in [9.17, 15) is 9.59 Å². The molecule has 2 N–H and O–H groups in total. The average molecular weight is 224 g/mol. The number of nitrogens with zero attached hydrogens (tertiary/aromatic N) is 1. The number of carboxylic acid groups (broad SMARTS) is 1. The molecule has 0 spiro atoms. The van der Waals surface area contributed by atoms with E-state index in [1.54, 1.807) is 0 Å². The molecule has 2 rings (SSSR count). The first-order chi connectivity index (χ1) is 7.59. The van der Waals surface area contributed by atoms with Crippen molar-refractivity contribution in [1.29, 1.82) is 0 Å². The van der Waals surface area contributed by atoms with Gasteiger partial charge in [-0.05, 0) is 19.3 Å². The van der Waals surface area contributed by atoms with Crippen LogP contribution in [0.5, 0.6) is 0 Å². The summed E-state index contributed by atoms with van der Waals surface area (Å²) in [6, 6.07) is -0.246. The number of urea groups is 1. The van der Waals surface area contributed by atoms with Gasteiger partial charge in [-0.15, -0.1) is 0 Å². The third-order valence-electron chi connectivity index (χ3n) is 3.43. The second-order valence-corrected chi connectivity index (χ2v) is 4.43. The lowest BCUT2D eigenvalue weighted by molar-refractivity contribution is -0.138. The maximum absolute atomic E-state index is 11.6. The Morgan fingerprint density at radius 2 is 2.38 bits per heavy atom. The highest BCUT2D eigenvalue weighted by Crippen LogP contribution is 2.33. The van der Waals surface area contributed by atoms with Crippen LogP contribution in [-0.2, 0) is 4.79 Å². The SMILES string of the molecule is C=C1CCCC2C1CNC(=O)N2CC(=O)O. The molecule has 1 aliphatic heterocycles. The molecule has 0 aromatic carbocycles. The summed E-state index contributed by atoms with van der Waals surface area (Å²) in [6.07, 6.45) is 2.85. The topological polar surface area (TPSA) is 69.6 Å². The van der Waals surface area contributed by atoms with E-state index in [0.717, 1.165) is 24.8 Å². The van der Waals surface area contributed by atoms with Gasteiger partial charge < -0.3 is 15.3 Å². The standard InChI is InChI=1S/C11H16N2O3/c1-7-3-2-4-9-8(7)5-12-11(16)13(9)6-10(14)15/h8-9H,1-6H2,(H,12,16)(H,14,15). The van der Waals surface area contributed by atoms with Gasteiger partial charge in [0.2, 0.25) is 0 Å². The first-order valence-corrected chi connectivity index (χ1v) is 5.53. The van der Waals surface area contributed by atoms with Crippen LogP contribution >= 0.6 is 0 Å². The van der Waals surface area contributed by atoms with Gasteiger partial charge in [0.25, 0.3) is 0 Å². The molecule has 5 nitrogen and oxygen atoms in total. The van der Waals surface area contributed by atoms with Crippen molar-refractivity contribution >= 4 is 12.0 Å². The summed E-state index contributed by atoms with van der Waals surface area (Å²) in [5.74, 6) is -0.752. The van der Waals surface area contributed by atoms with Crippen molar-refractivity contribution < 1.29 is 14.7 Å². The maximum Gasteiger partial charge on any atom is 0.323 e. The number of carboxylic acids is 1. The van der Waals surface area contributed by atoms with Gasteiger partial charge in [-0.25, -0.2) is 4.79 Å². The number of carbonyl (C=O) groups excluding carboxylic acids is 1. The average Bonchev–Trinajstić information content (AvgIpc) is 2.22. The monoisotopic (exact) mass is 224 g/mol. The molecular weight excluding hydrogens is 208 g/mol. The van der Waals surface area contributed by atoms with Crippen LogP contribution in [0.25, 0.3) is 0 Å². The number of hydrogen-bond donors (Lipinski definition) is 2. The Hall–Kier alpha value is -1.52. The molecule has 2 unspecified atom stereocenters. The normalized spacial score (nSPS) is 29.6. The van der Waals surface area contributed by atoms with Crippen LogP contribution in [0.4, 0.5) is 4.79 Å². The van der Waals surface area contributed by atoms with Gasteiger partial charge in [0.15, 0.2) is 0 Å². The van der Waals surface area contributed by atoms with Gasteiger partial charge >= 0.3 is 12.0 Å². The molecule has 0 radical (unpaired) electrons. The Morgan fingerprint density at radius 3 is 3.06 bits per heavy atom. The molecule has 1 saturated carbocycles. The fraction of sp³-hybridized carbons (Fsp3) is 0.636. The summed E-state index contributed by atoms with van der Waals surface area (Å²) in [5.41, 5.74) is 1.13. The van der Waals surface area contributed by atoms with E-state index < -0.39 is 5.97 Å². The van der Waals surface area contributed by atoms with E-state index in [4.69, 9.17) is 5.11 Å². The number of carbonyl (C=O) groups is 2. The van der Waals surface area contributed by atoms with Crippen LogP contribution < -0.4 is 5.32 Å². The van der Waals surface area contributed by atoms with E-state index in [-0.39, 0.29) is 24.5 Å². The van der Waals surface area contributed by atoms with Crippen LogP contribution in [0.1, 0.15) is 19.3 Å². The Balaban J connectivity index is 2.16. The third-order valence-corrected chi connectivity index (χ3v) is 3.43. The molecule has 1 heterocycles. The first kappa shape index (κ1) is 11.0. The molecule has 1 saturated heterocycles. The molecule has 16 heavy (non-hydrogen) atoms. The van der Waals surface area contributed by atoms with Gasteiger partial charge in [0.05, 0.1) is 0 Å². The summed E-state index contributed by atoms with van der Waals surface area (Å²) >= 11 is 0. The fourth-order valence-electron chi connectivity index (χ4n) is 2.63. The zero-order chi connectivity index (χ0) is 11.7. The Labute approximate surface area is 94.1 Å². The molecule has 88 valence electrons. The van der Waals surface area contributed by atoms with E-state index in [2.05, 4.69) is 11.9 Å². The highest BCUT2D eigenvalue weighted by molar-refractivity contribution is 5.81. The third kappa shape index (κ3) is 1.89. The van der Waals surface area contributed by atoms with Crippen LogP contribution in [0.3, 0.4) is 0 Å². The van der Waals surface area contributed by atoms with Crippen molar-refractivity contribution in [3.63, 3.8) is 0 Å². The molecular formula is C11H16N2O3. The molecule has 2 fully saturated rings. The summed E-state index contributed by atoms with van der Waals surface area (Å²) in [6.45, 7) is 4.39. The number of fused-ring (bicyclic) bond motifs is 1. The zero-order valence-corrected chi connectivity index (χ0v) is 9.11. The molecule has 0 aromatic heterocycles. The highest BCUT2D eigenvalue weighted by atomic mass is 16.4. The smallest absolute Gasteiger partial charge is 0.323 e. The molecule has 2 aliphatic rings. The van der Waals surface area contributed by atoms with Crippen molar-refractivity contribution in [2.75, 3.05) is 13.1 Å². The molecule has 0 aromatic rings. The van der Waals surface area contributed by atoms with Crippen molar-refractivity contribution in [2.45, 2.75) is 25.3 Å². The van der Waals surface area contributed by atoms with Crippen molar-refractivity contribution in [3.8, 4) is 0 Å². The van der Waals surface area contributed by atoms with Gasteiger partial charge in [0, 0.05) is 18.5 Å². The van der Waals surface area contributed by atoms with Crippen molar-refractivity contribution in [3.05, 3.63) is 12.2 Å². The minimum atomic E-state index is -0.966. The summed E-state index contributed by atoms with van der Waals surface area (Å²) < 4.78 is 0. The second kappa shape index (κ2) is 4.15. The fourth-order valence-corrected chi connectivity index (χ4v) is 2.63. The zero-order valence-electron chi connectivity index (χ0n) is 9.11. The van der Waals surface area contributed by atoms with Gasteiger partial charge in [-0.1, -0.05) is 12.2 Å². The highest BCUT2D eigenvalue weighted by Gasteiger charge is 2.39. The number of aliphatic carboxylic acids is 1. The van der Waals surface area contributed by atoms with Crippen LogP contribution in [0, 0.1) is 5.92 Å². The molecule has 5 heteroatoms. The lowest BCUT2D eigenvalue weighted by Crippen LogP contribution is -2.59. The minimum absolute atomic E-state index is 0.0195. The number of rotatable bonds is 2. The van der Waals surface area contributed by atoms with Crippen molar-refractivity contribution in [2.24, 2.45) is 5.92 Å². The van der Waals surface area contributed by atoms with E-state index in [1.807, 2.05) is 0 Å². The van der Waals surface area contributed by atoms with Gasteiger partial charge in [0.1, 0.15) is 6.54 Å². The second-order valence-electron chi connectivity index (χ2n) is 4.43. The predicted molar refractivity (Wildman–Crippen MR) is 58.0 cm³/mol. The minimum Gasteiger partial charge on any atom is -0.480 e. The lowest BCUT2D eigenvalue weighted by Gasteiger charge is -2.44. The predicted octanol–water partition coefficient (Wildman–Crippen LogP) is 0.821. The summed E-state index contributed by atoms with van der Waals surface area (Å²) in [5, 5.41) is 11.5. The Kier molecular flexibility index (Phi) is 2.85. The molecule has 2 atom stereocenters. The first-order valence-electron chi connectivity index (χ1n) is 5.53. The van der Waals surface area contributed by atoms with Crippen LogP contribution in [0.2, 0.25) is 0 Å². The quantitative estimate of drug-likeness (QED) is 0.682. The number of amides is 2. The van der Waals surface area contributed by atoms with Crippen molar-refractivity contribution in [1.82, 2.24) is 10.2 Å². The van der Waals surface area contributed by atoms with E-state index in [1.165, 1.54) is 4.90 Å². The number of nitrogens with one attached hydrogen (secondary N) is 1. The van der Waals surface area contributed by atoms with Gasteiger partial charge in [-0.3, -0.25) is 4.79 Å². The van der Waals surface area contributed by atoms with Crippen LogP contribution in [-0.4, -0.2) is 41.1 Å². The van der Waals surface area contributed by atoms with Crippen LogP contribution in [0.15, 0.2) is 12.2 Å². The molecule has 0 bridgehead atoms. The molecule has 2 amide bonds. The lowest BCUT2D eigenvalue weighted by atomic mass is 9.79. The number of hydrogen-bond acceptors (Lipinski definition) is 2.